The molecule has 0 amide bonds. The number of nitrogen functional groups attached to an aromatic ring is 3. The molecule has 0 saturated heterocycles. The Morgan fingerprint density at radius 3 is 2.50 bits per heavy atom. The lowest BCUT2D eigenvalue weighted by Crippen LogP contribution is -2.30. The maximum Gasteiger partial charge on any atom is 0.301 e. The molecular formula is C6H9N7O. The van der Waals surface area contributed by atoms with E-state index < -0.39 is 5.56 Å². The summed E-state index contributed by atoms with van der Waals surface area (Å²) < 4.78 is 2.20. The van der Waals surface area contributed by atoms with Crippen LogP contribution < -0.4 is 22.9 Å². The topological polar surface area (TPSA) is 131 Å². The molecule has 2 heterocycles. The first-order valence-electron chi connectivity index (χ1n) is 3.78. The molecule has 0 spiro atoms. The molecule has 0 aliphatic heterocycles. The van der Waals surface area contributed by atoms with Crippen LogP contribution in [0.25, 0.3) is 11.2 Å². The average molecular weight is 195 g/mol. The fraction of sp³-hybridized carbons (Fsp3) is 0.167. The highest BCUT2D eigenvalue weighted by Gasteiger charge is 2.13. The van der Waals surface area contributed by atoms with Gasteiger partial charge in [-0.25, -0.2) is 4.98 Å². The van der Waals surface area contributed by atoms with Gasteiger partial charge in [0, 0.05) is 7.05 Å². The van der Waals surface area contributed by atoms with Crippen molar-refractivity contribution in [2.24, 2.45) is 7.05 Å². The minimum absolute atomic E-state index is 0.0782. The van der Waals surface area contributed by atoms with Crippen LogP contribution in [0.5, 0.6) is 0 Å². The Morgan fingerprint density at radius 1 is 1.21 bits per heavy atom. The van der Waals surface area contributed by atoms with Crippen LogP contribution in [0.4, 0.5) is 11.9 Å². The maximum atomic E-state index is 11.5. The number of nitrogens with two attached hydrogens (primary N) is 3. The van der Waals surface area contributed by atoms with Gasteiger partial charge < -0.3 is 17.3 Å². The van der Waals surface area contributed by atoms with E-state index in [1.165, 1.54) is 4.57 Å². The molecule has 2 rings (SSSR count). The number of hydrogen-bond donors (Lipinski definition) is 3. The number of aryl methyl sites for hydroxylation is 1. The first-order chi connectivity index (χ1) is 6.52. The molecule has 6 N–H and O–H groups in total. The zero-order valence-corrected chi connectivity index (χ0v) is 7.43. The third-order valence-electron chi connectivity index (χ3n) is 1.99. The van der Waals surface area contributed by atoms with E-state index in [1.807, 2.05) is 0 Å². The molecule has 8 nitrogen and oxygen atoms in total. The number of nitrogens with zero attached hydrogens (tertiary/aromatic N) is 4. The SMILES string of the molecule is Cn1c(N)nc2c(=O)n(N)c(N)nc21. The Labute approximate surface area is 77.9 Å². The summed E-state index contributed by atoms with van der Waals surface area (Å²) in [7, 11) is 1.64. The van der Waals surface area contributed by atoms with Crippen molar-refractivity contribution in [3.8, 4) is 0 Å². The third kappa shape index (κ3) is 0.843. The van der Waals surface area contributed by atoms with Crippen LogP contribution in [0.2, 0.25) is 0 Å². The number of anilines is 2. The van der Waals surface area contributed by atoms with Gasteiger partial charge in [0.25, 0.3) is 0 Å². The van der Waals surface area contributed by atoms with Crippen molar-refractivity contribution in [1.82, 2.24) is 19.2 Å². The highest BCUT2D eigenvalue weighted by Crippen LogP contribution is 2.10. The smallest absolute Gasteiger partial charge is 0.301 e. The number of aromatic nitrogens is 4. The highest BCUT2D eigenvalue weighted by molar-refractivity contribution is 5.74. The van der Waals surface area contributed by atoms with E-state index in [9.17, 15) is 4.79 Å². The summed E-state index contributed by atoms with van der Waals surface area (Å²) in [5.41, 5.74) is 10.8. The zero-order valence-electron chi connectivity index (χ0n) is 7.43. The summed E-state index contributed by atoms with van der Waals surface area (Å²) in [4.78, 5) is 19.2. The lowest BCUT2D eigenvalue weighted by Gasteiger charge is -2.01. The molecule has 14 heavy (non-hydrogen) atoms. The van der Waals surface area contributed by atoms with Crippen LogP contribution in [-0.2, 0) is 7.05 Å². The van der Waals surface area contributed by atoms with Crippen molar-refractivity contribution in [2.45, 2.75) is 0 Å². The molecule has 0 atom stereocenters. The molecular weight excluding hydrogens is 186 g/mol. The van der Waals surface area contributed by atoms with Crippen molar-refractivity contribution in [3.05, 3.63) is 10.4 Å². The largest absolute Gasteiger partial charge is 0.369 e. The van der Waals surface area contributed by atoms with Gasteiger partial charge >= 0.3 is 5.56 Å². The summed E-state index contributed by atoms with van der Waals surface area (Å²) in [6.45, 7) is 0. The van der Waals surface area contributed by atoms with Gasteiger partial charge in [0.05, 0.1) is 0 Å². The van der Waals surface area contributed by atoms with Crippen LogP contribution in [0.1, 0.15) is 0 Å². The van der Waals surface area contributed by atoms with Gasteiger partial charge in [-0.3, -0.25) is 9.36 Å². The number of hydrogen-bond acceptors (Lipinski definition) is 6. The summed E-state index contributed by atoms with van der Waals surface area (Å²) in [6.07, 6.45) is 0. The second kappa shape index (κ2) is 2.37. The molecule has 0 aliphatic carbocycles. The monoisotopic (exact) mass is 195 g/mol. The lowest BCUT2D eigenvalue weighted by molar-refractivity contribution is 0.905. The van der Waals surface area contributed by atoms with Gasteiger partial charge in [0.1, 0.15) is 0 Å². The average Bonchev–Trinajstić information content (AvgIpc) is 2.42. The van der Waals surface area contributed by atoms with Crippen LogP contribution >= 0.6 is 0 Å². The van der Waals surface area contributed by atoms with E-state index >= 15 is 0 Å². The van der Waals surface area contributed by atoms with Gasteiger partial charge in [-0.15, -0.1) is 0 Å². The Kier molecular flexibility index (Phi) is 1.42. The van der Waals surface area contributed by atoms with Crippen LogP contribution in [-0.4, -0.2) is 19.2 Å². The van der Waals surface area contributed by atoms with Crippen molar-refractivity contribution >= 4 is 23.1 Å². The molecule has 0 unspecified atom stereocenters. The summed E-state index contributed by atoms with van der Waals surface area (Å²) in [6, 6.07) is 0. The van der Waals surface area contributed by atoms with Crippen molar-refractivity contribution in [2.75, 3.05) is 17.3 Å². The third-order valence-corrected chi connectivity index (χ3v) is 1.99. The van der Waals surface area contributed by atoms with Gasteiger partial charge in [-0.2, -0.15) is 9.66 Å². The fourth-order valence-corrected chi connectivity index (χ4v) is 1.16. The predicted molar refractivity (Wildman–Crippen MR) is 51.7 cm³/mol. The van der Waals surface area contributed by atoms with Gasteiger partial charge in [0.2, 0.25) is 11.9 Å². The molecule has 2 aromatic heterocycles. The first kappa shape index (κ1) is 8.35. The van der Waals surface area contributed by atoms with Crippen molar-refractivity contribution in [3.63, 3.8) is 0 Å². The molecule has 0 aliphatic rings. The Balaban J connectivity index is 3.06. The van der Waals surface area contributed by atoms with E-state index in [0.717, 1.165) is 4.68 Å². The van der Waals surface area contributed by atoms with Gasteiger partial charge in [-0.05, 0) is 0 Å². The highest BCUT2D eigenvalue weighted by atomic mass is 16.1. The summed E-state index contributed by atoms with van der Waals surface area (Å²) in [5, 5.41) is 0. The van der Waals surface area contributed by atoms with Crippen molar-refractivity contribution in [1.29, 1.82) is 0 Å². The van der Waals surface area contributed by atoms with Crippen LogP contribution in [0, 0.1) is 0 Å². The Bertz CT molecular complexity index is 566. The summed E-state index contributed by atoms with van der Waals surface area (Å²) in [5.74, 6) is 5.45. The molecule has 0 aromatic carbocycles. The number of imidazole rings is 1. The van der Waals surface area contributed by atoms with Gasteiger partial charge in [0.15, 0.2) is 11.2 Å². The number of fused-ring (bicyclic) bond motifs is 1. The molecule has 0 bridgehead atoms. The minimum Gasteiger partial charge on any atom is -0.369 e. The van der Waals surface area contributed by atoms with Gasteiger partial charge in [-0.1, -0.05) is 0 Å². The molecule has 74 valence electrons. The standard InChI is InChI=1S/C6H9N7O/c1-12-3-2(10-5(12)7)4(14)13(9)6(8)11-3/h9H2,1H3,(H2,7,10)(H2,8,11). The van der Waals surface area contributed by atoms with Crippen molar-refractivity contribution < 1.29 is 0 Å². The Morgan fingerprint density at radius 2 is 1.86 bits per heavy atom. The summed E-state index contributed by atoms with van der Waals surface area (Å²) >= 11 is 0. The number of rotatable bonds is 0. The molecule has 8 heteroatoms. The quantitative estimate of drug-likeness (QED) is 0.417. The van der Waals surface area contributed by atoms with E-state index in [2.05, 4.69) is 9.97 Å². The fourth-order valence-electron chi connectivity index (χ4n) is 1.16. The first-order valence-corrected chi connectivity index (χ1v) is 3.78. The normalized spacial score (nSPS) is 10.9. The molecule has 0 fully saturated rings. The zero-order chi connectivity index (χ0) is 10.5. The molecule has 0 saturated carbocycles. The van der Waals surface area contributed by atoms with E-state index in [-0.39, 0.29) is 17.4 Å². The van der Waals surface area contributed by atoms with E-state index in [0.29, 0.717) is 5.65 Å². The van der Waals surface area contributed by atoms with Crippen LogP contribution in [0.15, 0.2) is 4.79 Å². The molecule has 0 radical (unpaired) electrons. The minimum atomic E-state index is -0.514. The maximum absolute atomic E-state index is 11.5. The predicted octanol–water partition coefficient (Wildman–Crippen LogP) is -1.99. The van der Waals surface area contributed by atoms with E-state index in [4.69, 9.17) is 17.3 Å². The second-order valence-corrected chi connectivity index (χ2v) is 2.85. The lowest BCUT2D eigenvalue weighted by atomic mass is 10.5. The molecule has 2 aromatic rings. The Hall–Kier alpha value is -2.25. The second-order valence-electron chi connectivity index (χ2n) is 2.85. The van der Waals surface area contributed by atoms with E-state index in [1.54, 1.807) is 7.05 Å². The van der Waals surface area contributed by atoms with Crippen LogP contribution in [0.3, 0.4) is 0 Å².